The summed E-state index contributed by atoms with van der Waals surface area (Å²) >= 11 is 0. The first-order valence-corrected chi connectivity index (χ1v) is 6.95. The van der Waals surface area contributed by atoms with Gasteiger partial charge in [-0.1, -0.05) is 6.92 Å². The Balaban J connectivity index is 2.24. The molecule has 1 aromatic rings. The predicted octanol–water partition coefficient (Wildman–Crippen LogP) is 2.65. The van der Waals surface area contributed by atoms with Gasteiger partial charge in [0.05, 0.1) is 4.92 Å². The van der Waals surface area contributed by atoms with Crippen LogP contribution in [0, 0.1) is 10.1 Å². The molecule has 0 saturated carbocycles. The first kappa shape index (κ1) is 14.3. The number of anilines is 1. The molecule has 1 aliphatic rings. The van der Waals surface area contributed by atoms with Crippen molar-refractivity contribution in [3.05, 3.63) is 33.9 Å². The fourth-order valence-electron chi connectivity index (χ4n) is 2.33. The number of rotatable bonds is 5. The molecule has 1 heterocycles. The second kappa shape index (κ2) is 6.36. The number of hydrogen-bond donors (Lipinski definition) is 1. The van der Waals surface area contributed by atoms with Crippen LogP contribution in [0.5, 0.6) is 0 Å². The van der Waals surface area contributed by atoms with E-state index in [1.54, 1.807) is 17.0 Å². The van der Waals surface area contributed by atoms with Gasteiger partial charge >= 0.3 is 0 Å². The van der Waals surface area contributed by atoms with Crippen LogP contribution < -0.4 is 5.32 Å². The summed E-state index contributed by atoms with van der Waals surface area (Å²) in [5, 5.41) is 14.1. The van der Waals surface area contributed by atoms with E-state index in [2.05, 4.69) is 5.32 Å². The van der Waals surface area contributed by atoms with Crippen molar-refractivity contribution in [3.63, 3.8) is 0 Å². The van der Waals surface area contributed by atoms with Gasteiger partial charge in [-0.3, -0.25) is 14.9 Å². The number of nitrogens with zero attached hydrogens (tertiary/aromatic N) is 2. The average Bonchev–Trinajstić information content (AvgIpc) is 2.98. The lowest BCUT2D eigenvalue weighted by Crippen LogP contribution is -2.27. The molecule has 2 rings (SSSR count). The van der Waals surface area contributed by atoms with Crippen LogP contribution >= 0.6 is 0 Å². The van der Waals surface area contributed by atoms with Gasteiger partial charge in [-0.25, -0.2) is 0 Å². The van der Waals surface area contributed by atoms with Gasteiger partial charge in [0.25, 0.3) is 11.6 Å². The molecule has 0 spiro atoms. The summed E-state index contributed by atoms with van der Waals surface area (Å²) in [7, 11) is 0. The SMILES string of the molecule is CCCNc1ccc(C(=O)N2CCCC2)cc1[N+](=O)[O-]. The third kappa shape index (κ3) is 3.07. The Morgan fingerprint density at radius 2 is 2.10 bits per heavy atom. The fourth-order valence-corrected chi connectivity index (χ4v) is 2.33. The molecule has 108 valence electrons. The van der Waals surface area contributed by atoms with Crippen LogP contribution in [0.2, 0.25) is 0 Å². The number of nitro benzene ring substituents is 1. The summed E-state index contributed by atoms with van der Waals surface area (Å²) in [5.41, 5.74) is 0.818. The van der Waals surface area contributed by atoms with E-state index >= 15 is 0 Å². The minimum atomic E-state index is -0.446. The molecule has 6 nitrogen and oxygen atoms in total. The van der Waals surface area contributed by atoms with E-state index in [0.717, 1.165) is 32.4 Å². The second-order valence-electron chi connectivity index (χ2n) is 4.92. The largest absolute Gasteiger partial charge is 0.380 e. The highest BCUT2D eigenvalue weighted by Gasteiger charge is 2.22. The zero-order chi connectivity index (χ0) is 14.5. The van der Waals surface area contributed by atoms with Gasteiger partial charge < -0.3 is 10.2 Å². The average molecular weight is 277 g/mol. The van der Waals surface area contributed by atoms with Crippen LogP contribution in [0.15, 0.2) is 18.2 Å². The molecule has 0 atom stereocenters. The summed E-state index contributed by atoms with van der Waals surface area (Å²) in [6.07, 6.45) is 2.89. The summed E-state index contributed by atoms with van der Waals surface area (Å²) in [6.45, 7) is 4.13. The van der Waals surface area contributed by atoms with E-state index in [1.165, 1.54) is 6.07 Å². The summed E-state index contributed by atoms with van der Waals surface area (Å²) in [5.74, 6) is -0.118. The molecule has 0 aromatic heterocycles. The monoisotopic (exact) mass is 277 g/mol. The molecule has 1 fully saturated rings. The molecule has 6 heteroatoms. The standard InChI is InChI=1S/C14H19N3O3/c1-2-7-15-12-6-5-11(10-13(12)17(19)20)14(18)16-8-3-4-9-16/h5-6,10,15H,2-4,7-9H2,1H3. The Hall–Kier alpha value is -2.11. The lowest BCUT2D eigenvalue weighted by molar-refractivity contribution is -0.384. The van der Waals surface area contributed by atoms with Gasteiger partial charge in [0.2, 0.25) is 0 Å². The van der Waals surface area contributed by atoms with E-state index in [9.17, 15) is 14.9 Å². The van der Waals surface area contributed by atoms with Crippen molar-refractivity contribution < 1.29 is 9.72 Å². The molecule has 1 amide bonds. The third-order valence-corrected chi connectivity index (χ3v) is 3.40. The first-order valence-electron chi connectivity index (χ1n) is 6.95. The van der Waals surface area contributed by atoms with Crippen LogP contribution in [0.3, 0.4) is 0 Å². The molecular weight excluding hydrogens is 258 g/mol. The van der Waals surface area contributed by atoms with Crippen LogP contribution in [-0.2, 0) is 0 Å². The quantitative estimate of drug-likeness (QED) is 0.663. The highest BCUT2D eigenvalue weighted by molar-refractivity contribution is 5.95. The van der Waals surface area contributed by atoms with Crippen molar-refractivity contribution in [2.45, 2.75) is 26.2 Å². The Kier molecular flexibility index (Phi) is 4.55. The van der Waals surface area contributed by atoms with Crippen molar-refractivity contribution in [3.8, 4) is 0 Å². The fraction of sp³-hybridized carbons (Fsp3) is 0.500. The molecule has 0 unspecified atom stereocenters. The lowest BCUT2D eigenvalue weighted by atomic mass is 10.1. The van der Waals surface area contributed by atoms with Crippen molar-refractivity contribution in [1.82, 2.24) is 4.90 Å². The van der Waals surface area contributed by atoms with Gasteiger partial charge in [-0.2, -0.15) is 0 Å². The van der Waals surface area contributed by atoms with Crippen molar-refractivity contribution in [1.29, 1.82) is 0 Å². The topological polar surface area (TPSA) is 75.5 Å². The number of carbonyl (C=O) groups is 1. The minimum Gasteiger partial charge on any atom is -0.380 e. The summed E-state index contributed by atoms with van der Waals surface area (Å²) in [6, 6.07) is 4.65. The van der Waals surface area contributed by atoms with Crippen molar-refractivity contribution >= 4 is 17.3 Å². The molecule has 1 aromatic carbocycles. The molecule has 1 N–H and O–H groups in total. The van der Waals surface area contributed by atoms with Gasteiger partial charge in [0.1, 0.15) is 5.69 Å². The maximum absolute atomic E-state index is 12.2. The number of amides is 1. The summed E-state index contributed by atoms with van der Waals surface area (Å²) in [4.78, 5) is 24.7. The number of benzene rings is 1. The van der Waals surface area contributed by atoms with Crippen molar-refractivity contribution in [2.75, 3.05) is 25.0 Å². The zero-order valence-electron chi connectivity index (χ0n) is 11.6. The molecular formula is C14H19N3O3. The zero-order valence-corrected chi connectivity index (χ0v) is 11.6. The molecule has 0 aliphatic carbocycles. The number of carbonyl (C=O) groups excluding carboxylic acids is 1. The summed E-state index contributed by atoms with van der Waals surface area (Å²) < 4.78 is 0. The number of hydrogen-bond acceptors (Lipinski definition) is 4. The number of likely N-dealkylation sites (tertiary alicyclic amines) is 1. The Morgan fingerprint density at radius 3 is 2.70 bits per heavy atom. The molecule has 1 saturated heterocycles. The smallest absolute Gasteiger partial charge is 0.293 e. The molecule has 20 heavy (non-hydrogen) atoms. The van der Waals surface area contributed by atoms with Crippen molar-refractivity contribution in [2.24, 2.45) is 0 Å². The Labute approximate surface area is 117 Å². The Bertz CT molecular complexity index is 510. The van der Waals surface area contributed by atoms with E-state index in [-0.39, 0.29) is 11.6 Å². The molecule has 0 radical (unpaired) electrons. The van der Waals surface area contributed by atoms with Crippen LogP contribution in [0.4, 0.5) is 11.4 Å². The van der Waals surface area contributed by atoms with Gasteiger partial charge in [-0.15, -0.1) is 0 Å². The lowest BCUT2D eigenvalue weighted by Gasteiger charge is -2.15. The molecule has 0 bridgehead atoms. The van der Waals surface area contributed by atoms with E-state index in [1.807, 2.05) is 6.92 Å². The number of nitrogens with one attached hydrogen (secondary N) is 1. The predicted molar refractivity (Wildman–Crippen MR) is 77.0 cm³/mol. The van der Waals surface area contributed by atoms with Gasteiger partial charge in [0, 0.05) is 31.3 Å². The molecule has 1 aliphatic heterocycles. The minimum absolute atomic E-state index is 0.0384. The van der Waals surface area contributed by atoms with Crippen LogP contribution in [-0.4, -0.2) is 35.4 Å². The maximum atomic E-state index is 12.2. The van der Waals surface area contributed by atoms with Gasteiger partial charge in [-0.05, 0) is 31.4 Å². The Morgan fingerprint density at radius 1 is 1.40 bits per heavy atom. The normalized spacial score (nSPS) is 14.3. The highest BCUT2D eigenvalue weighted by atomic mass is 16.6. The van der Waals surface area contributed by atoms with E-state index < -0.39 is 4.92 Å². The highest BCUT2D eigenvalue weighted by Crippen LogP contribution is 2.26. The third-order valence-electron chi connectivity index (χ3n) is 3.40. The number of nitro groups is 1. The maximum Gasteiger partial charge on any atom is 0.293 e. The first-order chi connectivity index (χ1) is 9.63. The second-order valence-corrected chi connectivity index (χ2v) is 4.92. The van der Waals surface area contributed by atoms with Crippen LogP contribution in [0.1, 0.15) is 36.5 Å². The van der Waals surface area contributed by atoms with E-state index in [4.69, 9.17) is 0 Å². The van der Waals surface area contributed by atoms with E-state index in [0.29, 0.717) is 17.8 Å². The van der Waals surface area contributed by atoms with Gasteiger partial charge in [0.15, 0.2) is 0 Å². The van der Waals surface area contributed by atoms with Crippen LogP contribution in [0.25, 0.3) is 0 Å².